The minimum Gasteiger partial charge on any atom is -0.497 e. The molecule has 1 saturated carbocycles. The highest BCUT2D eigenvalue weighted by Gasteiger charge is 2.40. The maximum absolute atomic E-state index is 7.73. The average Bonchev–Trinajstić information content (AvgIpc) is 2.47. The Morgan fingerprint density at radius 2 is 2.32 bits per heavy atom. The molecule has 106 valence electrons. The molecule has 0 unspecified atom stereocenters. The lowest BCUT2D eigenvalue weighted by atomic mass is 9.71. The Hall–Kier alpha value is -1.06. The van der Waals surface area contributed by atoms with Crippen LogP contribution in [0, 0.1) is 5.92 Å². The molecule has 19 heavy (non-hydrogen) atoms. The summed E-state index contributed by atoms with van der Waals surface area (Å²) in [4.78, 5) is 2.18. The van der Waals surface area contributed by atoms with E-state index in [0.29, 0.717) is 5.92 Å². The van der Waals surface area contributed by atoms with Crippen molar-refractivity contribution in [1.29, 1.82) is 1.43 Å². The van der Waals surface area contributed by atoms with Gasteiger partial charge < -0.3 is 14.7 Å². The minimum atomic E-state index is -0.503. The van der Waals surface area contributed by atoms with Crippen molar-refractivity contribution in [3.63, 3.8) is 0 Å². The molecule has 0 amide bonds. The molecule has 0 saturated heterocycles. The van der Waals surface area contributed by atoms with E-state index in [9.17, 15) is 0 Å². The van der Waals surface area contributed by atoms with Gasteiger partial charge in [-0.1, -0.05) is 25.0 Å². The molecule has 0 bridgehead atoms. The van der Waals surface area contributed by atoms with Gasteiger partial charge in [0, 0.05) is 12.5 Å². The van der Waals surface area contributed by atoms with Crippen molar-refractivity contribution < 1.29 is 9.85 Å². The van der Waals surface area contributed by atoms with Gasteiger partial charge in [-0.15, -0.1) is 0 Å². The van der Waals surface area contributed by atoms with Gasteiger partial charge in [0.15, 0.2) is 0 Å². The summed E-state index contributed by atoms with van der Waals surface area (Å²) in [5, 5.41) is 5.35. The molecule has 2 atom stereocenters. The molecule has 2 rings (SSSR count). The summed E-state index contributed by atoms with van der Waals surface area (Å²) in [6.07, 6.45) is 4.34. The molecule has 0 radical (unpaired) electrons. The zero-order valence-electron chi connectivity index (χ0n) is 13.2. The van der Waals surface area contributed by atoms with Crippen molar-refractivity contribution in [2.75, 3.05) is 27.7 Å². The van der Waals surface area contributed by atoms with Crippen LogP contribution < -0.4 is 4.74 Å². The standard InChI is InChI=1S/C16H25NO2/c1-17(2)12-14-7-4-5-10-16(14,18)13-8-6-9-15(11-13)19-3/h6,8-9,11,14,18H,4-5,7,10,12H2,1-3H3/t14-,16+/m1/s1/i18D. The summed E-state index contributed by atoms with van der Waals surface area (Å²) >= 11 is 0. The Morgan fingerprint density at radius 1 is 1.47 bits per heavy atom. The largest absolute Gasteiger partial charge is 0.497 e. The van der Waals surface area contributed by atoms with Gasteiger partial charge in [0.2, 0.25) is 1.43 Å². The third-order valence-corrected chi connectivity index (χ3v) is 4.15. The molecule has 1 N–H and O–H groups in total. The van der Waals surface area contributed by atoms with E-state index < -0.39 is 5.60 Å². The van der Waals surface area contributed by atoms with Crippen LogP contribution in [-0.4, -0.2) is 39.2 Å². The van der Waals surface area contributed by atoms with E-state index in [2.05, 4.69) is 25.1 Å². The van der Waals surface area contributed by atoms with Crippen molar-refractivity contribution in [2.24, 2.45) is 5.92 Å². The Morgan fingerprint density at radius 3 is 3.00 bits per heavy atom. The fraction of sp³-hybridized carbons (Fsp3) is 0.625. The molecule has 3 nitrogen and oxygen atoms in total. The second kappa shape index (κ2) is 5.93. The topological polar surface area (TPSA) is 32.7 Å². The lowest BCUT2D eigenvalue weighted by molar-refractivity contribution is -0.0619. The highest BCUT2D eigenvalue weighted by Crippen LogP contribution is 2.42. The van der Waals surface area contributed by atoms with Crippen LogP contribution in [0.15, 0.2) is 24.3 Å². The Bertz CT molecular complexity index is 438. The Labute approximate surface area is 117 Å². The van der Waals surface area contributed by atoms with Crippen LogP contribution in [-0.2, 0) is 5.60 Å². The lowest BCUT2D eigenvalue weighted by Gasteiger charge is -2.41. The minimum absolute atomic E-state index is 0.343. The molecule has 1 aromatic rings. The normalized spacial score (nSPS) is 28.2. The smallest absolute Gasteiger partial charge is 0.211 e. The van der Waals surface area contributed by atoms with Crippen molar-refractivity contribution in [3.8, 4) is 5.75 Å². The van der Waals surface area contributed by atoms with Crippen LogP contribution in [0.1, 0.15) is 31.2 Å². The predicted molar refractivity (Wildman–Crippen MR) is 77.4 cm³/mol. The molecule has 1 aliphatic rings. The second-order valence-electron chi connectivity index (χ2n) is 5.83. The van der Waals surface area contributed by atoms with Crippen LogP contribution in [0.2, 0.25) is 0 Å². The van der Waals surface area contributed by atoms with Gasteiger partial charge in [-0.3, -0.25) is 0 Å². The number of nitrogens with zero attached hydrogens (tertiary/aromatic N) is 1. The summed E-state index contributed by atoms with van der Waals surface area (Å²) in [6, 6.07) is 7.99. The number of aliphatic hydroxyl groups is 1. The first-order valence-electron chi connectivity index (χ1n) is 7.47. The fourth-order valence-electron chi connectivity index (χ4n) is 3.16. The van der Waals surface area contributed by atoms with Crippen molar-refractivity contribution in [2.45, 2.75) is 31.3 Å². The predicted octanol–water partition coefficient (Wildman–Crippen LogP) is 2.63. The van der Waals surface area contributed by atoms with Crippen molar-refractivity contribution in [3.05, 3.63) is 29.8 Å². The Kier molecular flexibility index (Phi) is 4.04. The summed E-state index contributed by atoms with van der Waals surface area (Å²) < 4.78 is 13.0. The average molecular weight is 264 g/mol. The quantitative estimate of drug-likeness (QED) is 0.887. The molecule has 1 fully saturated rings. The molecular formula is C16H25NO2. The van der Waals surface area contributed by atoms with Crippen molar-refractivity contribution in [1.82, 2.24) is 4.90 Å². The summed E-state index contributed by atoms with van der Waals surface area (Å²) in [5.41, 5.74) is 0.565. The van der Waals surface area contributed by atoms with Gasteiger partial charge in [-0.05, 0) is 44.6 Å². The first-order chi connectivity index (χ1) is 9.62. The number of rotatable bonds is 5. The molecule has 1 aromatic carbocycles. The first kappa shape index (κ1) is 12.9. The summed E-state index contributed by atoms with van der Waals surface area (Å²) in [6.45, 7) is 0.941. The monoisotopic (exact) mass is 264 g/mol. The van der Waals surface area contributed by atoms with Gasteiger partial charge >= 0.3 is 0 Å². The van der Waals surface area contributed by atoms with Crippen LogP contribution in [0.3, 0.4) is 0 Å². The molecule has 0 aliphatic heterocycles. The molecule has 3 heteroatoms. The van der Waals surface area contributed by atoms with E-state index in [1.165, 1.54) is 6.42 Å². The number of ether oxygens (including phenoxy) is 1. The molecule has 1 aliphatic carbocycles. The number of hydrogen-bond acceptors (Lipinski definition) is 3. The SMILES string of the molecule is [2H]O[C@]1(c2cccc(OC)c2)CCCC[C@@H]1CN(C)C. The number of hydrogen-bond donors (Lipinski definition) is 1. The lowest BCUT2D eigenvalue weighted by Crippen LogP contribution is -2.43. The third-order valence-electron chi connectivity index (χ3n) is 4.15. The van der Waals surface area contributed by atoms with E-state index in [1.54, 1.807) is 7.11 Å². The van der Waals surface area contributed by atoms with Gasteiger partial charge in [-0.25, -0.2) is 0 Å². The first-order valence-corrected chi connectivity index (χ1v) is 7.06. The van der Waals surface area contributed by atoms with Crippen LogP contribution >= 0.6 is 0 Å². The number of methoxy groups -OCH3 is 1. The third kappa shape index (κ3) is 3.10. The van der Waals surface area contributed by atoms with E-state index in [4.69, 9.17) is 11.3 Å². The van der Waals surface area contributed by atoms with E-state index in [1.807, 2.05) is 18.2 Å². The maximum atomic E-state index is 7.73. The van der Waals surface area contributed by atoms with Gasteiger partial charge in [0.1, 0.15) is 5.75 Å². The highest BCUT2D eigenvalue weighted by molar-refractivity contribution is 5.33. The van der Waals surface area contributed by atoms with Crippen LogP contribution in [0.5, 0.6) is 5.75 Å². The van der Waals surface area contributed by atoms with Gasteiger partial charge in [0.05, 0.1) is 12.7 Å². The molecular weight excluding hydrogens is 238 g/mol. The fourth-order valence-corrected chi connectivity index (χ4v) is 3.16. The van der Waals surface area contributed by atoms with E-state index >= 15 is 0 Å². The number of benzene rings is 1. The second-order valence-corrected chi connectivity index (χ2v) is 5.83. The zero-order valence-corrected chi connectivity index (χ0v) is 12.2. The van der Waals surface area contributed by atoms with Crippen molar-refractivity contribution >= 4 is 0 Å². The Balaban J connectivity index is 2.37. The highest BCUT2D eigenvalue weighted by atomic mass is 16.5. The maximum Gasteiger partial charge on any atom is 0.211 e. The molecule has 0 heterocycles. The zero-order chi connectivity index (χ0) is 14.6. The van der Waals surface area contributed by atoms with Gasteiger partial charge in [-0.2, -0.15) is 0 Å². The summed E-state index contributed by atoms with van der Waals surface area (Å²) in [5.74, 6) is 1.17. The van der Waals surface area contributed by atoms with Crippen LogP contribution in [0.25, 0.3) is 0 Å². The summed E-state index contributed by atoms with van der Waals surface area (Å²) in [7, 11) is 5.83. The van der Waals surface area contributed by atoms with Gasteiger partial charge in [0.25, 0.3) is 0 Å². The van der Waals surface area contributed by atoms with Crippen LogP contribution in [0.4, 0.5) is 0 Å². The van der Waals surface area contributed by atoms with E-state index in [0.717, 1.165) is 37.1 Å². The van der Waals surface area contributed by atoms with E-state index in [-0.39, 0.29) is 0 Å². The molecule has 0 spiro atoms. The molecule has 0 aromatic heterocycles.